The first kappa shape index (κ1) is 19.9. The van der Waals surface area contributed by atoms with Crippen LogP contribution in [0.25, 0.3) is 0 Å². The Kier molecular flexibility index (Phi) is 7.38. The number of sulfone groups is 1. The molecule has 1 heterocycles. The molecule has 1 aliphatic heterocycles. The van der Waals surface area contributed by atoms with E-state index in [2.05, 4.69) is 5.32 Å². The molecule has 2 rings (SSSR count). The molecule has 0 saturated carbocycles. The van der Waals surface area contributed by atoms with Gasteiger partial charge in [-0.05, 0) is 6.07 Å². The van der Waals surface area contributed by atoms with E-state index in [4.69, 9.17) is 0 Å². The van der Waals surface area contributed by atoms with Crippen molar-refractivity contribution in [1.29, 1.82) is 0 Å². The van der Waals surface area contributed by atoms with Crippen LogP contribution < -0.4 is 10.2 Å². The number of nitro groups is 1. The van der Waals surface area contributed by atoms with Crippen molar-refractivity contribution in [3.8, 4) is 0 Å². The number of hydrogen-bond donors (Lipinski definition) is 1. The van der Waals surface area contributed by atoms with Crippen molar-refractivity contribution in [3.05, 3.63) is 28.3 Å². The van der Waals surface area contributed by atoms with Crippen molar-refractivity contribution in [2.24, 2.45) is 0 Å². The Morgan fingerprint density at radius 2 is 1.81 bits per heavy atom. The Hall–Kier alpha value is -1.09. The van der Waals surface area contributed by atoms with Crippen LogP contribution in [0.15, 0.2) is 23.1 Å². The number of nitrogens with zero attached hydrogens (tertiary/aromatic N) is 2. The summed E-state index contributed by atoms with van der Waals surface area (Å²) in [5.74, 6) is 0. The molecule has 0 amide bonds. The third-order valence-electron chi connectivity index (χ3n) is 3.01. The van der Waals surface area contributed by atoms with Crippen LogP contribution in [0.5, 0.6) is 0 Å². The maximum Gasteiger partial charge on any atom is 0.271 e. The highest BCUT2D eigenvalue weighted by atomic mass is 35.5. The van der Waals surface area contributed by atoms with Gasteiger partial charge in [0.2, 0.25) is 0 Å². The standard InChI is InChI=1S/C11H15N3O4S.2ClH/c1-19(17,18)11-3-2-9(14(15)16)8-10(11)13-6-4-12-5-7-13;;/h2-3,8,12H,4-7H2,1H3;2*1H. The molecule has 0 atom stereocenters. The highest BCUT2D eigenvalue weighted by Crippen LogP contribution is 2.29. The third-order valence-corrected chi connectivity index (χ3v) is 4.15. The molecule has 1 aromatic carbocycles. The smallest absolute Gasteiger partial charge is 0.271 e. The molecule has 1 N–H and O–H groups in total. The van der Waals surface area contributed by atoms with Crippen molar-refractivity contribution in [1.82, 2.24) is 5.32 Å². The maximum atomic E-state index is 11.8. The number of hydrogen-bond acceptors (Lipinski definition) is 6. The second kappa shape index (κ2) is 7.79. The van der Waals surface area contributed by atoms with E-state index in [1.807, 2.05) is 4.90 Å². The number of rotatable bonds is 3. The molecule has 1 aliphatic rings. The topological polar surface area (TPSA) is 92.5 Å². The van der Waals surface area contributed by atoms with Gasteiger partial charge in [0, 0.05) is 44.6 Å². The van der Waals surface area contributed by atoms with Crippen molar-refractivity contribution < 1.29 is 13.3 Å². The lowest BCUT2D eigenvalue weighted by Gasteiger charge is -2.30. The predicted octanol–water partition coefficient (Wildman–Crippen LogP) is 1.25. The van der Waals surface area contributed by atoms with Crippen LogP contribution in [-0.4, -0.2) is 45.8 Å². The summed E-state index contributed by atoms with van der Waals surface area (Å²) in [6.07, 6.45) is 1.11. The number of nitrogens with one attached hydrogen (secondary N) is 1. The third kappa shape index (κ3) is 4.70. The average Bonchev–Trinajstić information content (AvgIpc) is 2.38. The minimum Gasteiger partial charge on any atom is -0.368 e. The Morgan fingerprint density at radius 3 is 2.29 bits per heavy atom. The zero-order valence-corrected chi connectivity index (χ0v) is 13.8. The summed E-state index contributed by atoms with van der Waals surface area (Å²) in [6.45, 7) is 2.71. The van der Waals surface area contributed by atoms with Gasteiger partial charge in [-0.3, -0.25) is 10.1 Å². The summed E-state index contributed by atoms with van der Waals surface area (Å²) in [7, 11) is -3.41. The number of benzene rings is 1. The van der Waals surface area contributed by atoms with Crippen molar-refractivity contribution in [2.45, 2.75) is 4.90 Å². The van der Waals surface area contributed by atoms with E-state index in [9.17, 15) is 18.5 Å². The van der Waals surface area contributed by atoms with Gasteiger partial charge in [-0.2, -0.15) is 0 Å². The van der Waals surface area contributed by atoms with E-state index in [1.165, 1.54) is 18.2 Å². The van der Waals surface area contributed by atoms with Gasteiger partial charge < -0.3 is 10.2 Å². The van der Waals surface area contributed by atoms with Crippen LogP contribution in [0.1, 0.15) is 0 Å². The fraction of sp³-hybridized carbons (Fsp3) is 0.455. The number of anilines is 1. The van der Waals surface area contributed by atoms with E-state index in [0.717, 1.165) is 19.3 Å². The molecule has 0 radical (unpaired) electrons. The molecule has 0 bridgehead atoms. The lowest BCUT2D eigenvalue weighted by atomic mass is 10.2. The molecule has 0 aromatic heterocycles. The number of nitro benzene ring substituents is 1. The van der Waals surface area contributed by atoms with Crippen LogP contribution in [0.4, 0.5) is 11.4 Å². The molecule has 21 heavy (non-hydrogen) atoms. The highest BCUT2D eigenvalue weighted by Gasteiger charge is 2.22. The van der Waals surface area contributed by atoms with Gasteiger partial charge in [-0.25, -0.2) is 8.42 Å². The van der Waals surface area contributed by atoms with Gasteiger partial charge in [0.1, 0.15) is 0 Å². The summed E-state index contributed by atoms with van der Waals surface area (Å²) < 4.78 is 23.5. The van der Waals surface area contributed by atoms with Crippen LogP contribution in [0.2, 0.25) is 0 Å². The minimum absolute atomic E-state index is 0. The Bertz CT molecular complexity index is 603. The van der Waals surface area contributed by atoms with E-state index < -0.39 is 14.8 Å². The highest BCUT2D eigenvalue weighted by molar-refractivity contribution is 7.90. The number of halogens is 2. The molecule has 1 aromatic rings. The van der Waals surface area contributed by atoms with Crippen molar-refractivity contribution in [2.75, 3.05) is 37.3 Å². The molecule has 120 valence electrons. The van der Waals surface area contributed by atoms with Crippen molar-refractivity contribution in [3.63, 3.8) is 0 Å². The maximum absolute atomic E-state index is 11.8. The monoisotopic (exact) mass is 357 g/mol. The quantitative estimate of drug-likeness (QED) is 0.646. The average molecular weight is 358 g/mol. The van der Waals surface area contributed by atoms with Gasteiger partial charge in [0.05, 0.1) is 15.5 Å². The molecule has 1 saturated heterocycles. The SMILES string of the molecule is CS(=O)(=O)c1ccc([N+](=O)[O-])cc1N1CCNCC1.Cl.Cl. The Balaban J connectivity index is 0.00000200. The fourth-order valence-electron chi connectivity index (χ4n) is 2.09. The van der Waals surface area contributed by atoms with E-state index >= 15 is 0 Å². The first-order valence-corrected chi connectivity index (χ1v) is 7.73. The second-order valence-corrected chi connectivity index (χ2v) is 6.40. The molecular formula is C11H17Cl2N3O4S. The zero-order chi connectivity index (χ0) is 14.0. The van der Waals surface area contributed by atoms with Crippen LogP contribution in [0.3, 0.4) is 0 Å². The largest absolute Gasteiger partial charge is 0.368 e. The normalized spacial score (nSPS) is 14.8. The summed E-state index contributed by atoms with van der Waals surface area (Å²) in [5, 5.41) is 14.0. The van der Waals surface area contributed by atoms with Gasteiger partial charge in [-0.15, -0.1) is 24.8 Å². The molecule has 7 nitrogen and oxygen atoms in total. The lowest BCUT2D eigenvalue weighted by molar-refractivity contribution is -0.384. The molecule has 0 spiro atoms. The molecule has 10 heteroatoms. The number of non-ortho nitro benzene ring substituents is 1. The Morgan fingerprint density at radius 1 is 1.24 bits per heavy atom. The van der Waals surface area contributed by atoms with Gasteiger partial charge >= 0.3 is 0 Å². The predicted molar refractivity (Wildman–Crippen MR) is 85.8 cm³/mol. The molecule has 0 unspecified atom stereocenters. The first-order valence-electron chi connectivity index (χ1n) is 5.84. The van der Waals surface area contributed by atoms with Crippen molar-refractivity contribution >= 4 is 46.0 Å². The van der Waals surface area contributed by atoms with Crippen LogP contribution in [-0.2, 0) is 9.84 Å². The summed E-state index contributed by atoms with van der Waals surface area (Å²) >= 11 is 0. The molecular weight excluding hydrogens is 341 g/mol. The van der Waals surface area contributed by atoms with Gasteiger partial charge in [-0.1, -0.05) is 0 Å². The first-order chi connectivity index (χ1) is 8.89. The summed E-state index contributed by atoms with van der Waals surface area (Å²) in [5.41, 5.74) is 0.319. The second-order valence-electron chi connectivity index (χ2n) is 4.42. The van der Waals surface area contributed by atoms with E-state index in [1.54, 1.807) is 0 Å². The van der Waals surface area contributed by atoms with Crippen LogP contribution >= 0.6 is 24.8 Å². The number of piperazine rings is 1. The van der Waals surface area contributed by atoms with E-state index in [-0.39, 0.29) is 35.4 Å². The summed E-state index contributed by atoms with van der Waals surface area (Å²) in [4.78, 5) is 12.3. The fourth-order valence-corrected chi connectivity index (χ4v) is 2.97. The summed E-state index contributed by atoms with van der Waals surface area (Å²) in [6, 6.07) is 3.87. The van der Waals surface area contributed by atoms with Crippen LogP contribution in [0, 0.1) is 10.1 Å². The Labute approximate surface area is 135 Å². The van der Waals surface area contributed by atoms with Gasteiger partial charge in [0.15, 0.2) is 9.84 Å². The lowest BCUT2D eigenvalue weighted by Crippen LogP contribution is -2.44. The van der Waals surface area contributed by atoms with Gasteiger partial charge in [0.25, 0.3) is 5.69 Å². The van der Waals surface area contributed by atoms with E-state index in [0.29, 0.717) is 18.8 Å². The molecule has 0 aliphatic carbocycles. The zero-order valence-electron chi connectivity index (χ0n) is 11.3. The minimum atomic E-state index is -3.41. The molecule has 1 fully saturated rings.